The van der Waals surface area contributed by atoms with Crippen molar-refractivity contribution >= 4 is 33.3 Å². The van der Waals surface area contributed by atoms with Gasteiger partial charge in [0.05, 0.1) is 41.0 Å². The lowest BCUT2D eigenvalue weighted by Gasteiger charge is -2.29. The molecule has 1 amide bonds. The van der Waals surface area contributed by atoms with E-state index in [0.717, 1.165) is 24.3 Å². The molecule has 0 bridgehead atoms. The second kappa shape index (κ2) is 9.29. The van der Waals surface area contributed by atoms with E-state index in [1.807, 2.05) is 4.90 Å². The Morgan fingerprint density at radius 3 is 2.48 bits per heavy atom. The van der Waals surface area contributed by atoms with Crippen LogP contribution in [0, 0.1) is 15.9 Å². The molecule has 2 aromatic rings. The van der Waals surface area contributed by atoms with E-state index in [1.54, 1.807) is 12.1 Å². The van der Waals surface area contributed by atoms with Crippen LogP contribution >= 0.6 is 0 Å². The smallest absolute Gasteiger partial charge is 0.414 e. The van der Waals surface area contributed by atoms with Crippen LogP contribution in [0.25, 0.3) is 0 Å². The molecule has 0 spiro atoms. The fraction of sp³-hybridized carbons (Fsp3) is 0.350. The number of non-ortho nitro benzene ring substituents is 1. The Hall–Kier alpha value is -3.29. The number of ether oxygens (including phenoxy) is 2. The third kappa shape index (κ3) is 5.05. The molecule has 0 N–H and O–H groups in total. The number of amides is 1. The van der Waals surface area contributed by atoms with Gasteiger partial charge >= 0.3 is 6.09 Å². The van der Waals surface area contributed by atoms with Crippen molar-refractivity contribution in [2.75, 3.05) is 49.3 Å². The second-order valence-electron chi connectivity index (χ2n) is 7.34. The standard InChI is InChI=1S/C20H20FN3O8S/c21-18-11-15(3-6-19(18)22-7-9-30-10-8-22)23-12-16(32-20(23)25)13-31-33(28,29)17-4-1-14(2-5-17)24(26)27/h1-6,11,16H,7-10,12-13H2/t16-/m1/s1. The summed E-state index contributed by atoms with van der Waals surface area (Å²) in [7, 11) is -4.22. The monoisotopic (exact) mass is 481 g/mol. The first-order valence-corrected chi connectivity index (χ1v) is 11.4. The lowest BCUT2D eigenvalue weighted by Crippen LogP contribution is -2.36. The van der Waals surface area contributed by atoms with Crippen molar-refractivity contribution in [3.05, 3.63) is 58.4 Å². The summed E-state index contributed by atoms with van der Waals surface area (Å²) in [6.45, 7) is 1.63. The Labute approximate surface area is 188 Å². The average Bonchev–Trinajstić information content (AvgIpc) is 3.19. The SMILES string of the molecule is O=C1O[C@@H](COS(=O)(=O)c2ccc([N+](=O)[O-])cc2)CN1c1ccc(N2CCOCC2)c(F)c1. The normalized spacial score (nSPS) is 18.9. The van der Waals surface area contributed by atoms with Crippen molar-refractivity contribution in [1.29, 1.82) is 0 Å². The molecule has 1 atom stereocenters. The number of cyclic esters (lactones) is 1. The number of hydrogen-bond donors (Lipinski definition) is 0. The first kappa shape index (κ1) is 22.9. The lowest BCUT2D eigenvalue weighted by molar-refractivity contribution is -0.384. The minimum absolute atomic E-state index is 0.0368. The summed E-state index contributed by atoms with van der Waals surface area (Å²) < 4.78 is 54.7. The Balaban J connectivity index is 1.39. The summed E-state index contributed by atoms with van der Waals surface area (Å²) in [6, 6.07) is 8.59. The summed E-state index contributed by atoms with van der Waals surface area (Å²) in [5.74, 6) is -0.498. The van der Waals surface area contributed by atoms with Gasteiger partial charge in [-0.2, -0.15) is 8.42 Å². The van der Waals surface area contributed by atoms with E-state index in [0.29, 0.717) is 32.0 Å². The third-order valence-corrected chi connectivity index (χ3v) is 6.51. The number of nitro benzene ring substituents is 1. The van der Waals surface area contributed by atoms with Crippen LogP contribution in [-0.4, -0.2) is 65.0 Å². The molecule has 0 aromatic heterocycles. The fourth-order valence-corrected chi connectivity index (χ4v) is 4.45. The molecular weight excluding hydrogens is 461 g/mol. The highest BCUT2D eigenvalue weighted by molar-refractivity contribution is 7.86. The van der Waals surface area contributed by atoms with Crippen LogP contribution < -0.4 is 9.80 Å². The first-order valence-electron chi connectivity index (χ1n) is 9.99. The fourth-order valence-electron chi connectivity index (χ4n) is 3.51. The highest BCUT2D eigenvalue weighted by Gasteiger charge is 2.34. The quantitative estimate of drug-likeness (QED) is 0.332. The van der Waals surface area contributed by atoms with Crippen molar-refractivity contribution in [1.82, 2.24) is 0 Å². The molecule has 33 heavy (non-hydrogen) atoms. The highest BCUT2D eigenvalue weighted by atomic mass is 32.2. The zero-order valence-electron chi connectivity index (χ0n) is 17.3. The summed E-state index contributed by atoms with van der Waals surface area (Å²) in [5.41, 5.74) is 0.417. The predicted molar refractivity (Wildman–Crippen MR) is 113 cm³/mol. The molecule has 2 heterocycles. The molecule has 2 aliphatic rings. The summed E-state index contributed by atoms with van der Waals surface area (Å²) >= 11 is 0. The molecule has 0 unspecified atom stereocenters. The van der Waals surface area contributed by atoms with E-state index in [2.05, 4.69) is 0 Å². The van der Waals surface area contributed by atoms with Gasteiger partial charge in [-0.15, -0.1) is 0 Å². The number of nitrogens with zero attached hydrogens (tertiary/aromatic N) is 3. The van der Waals surface area contributed by atoms with Gasteiger partial charge in [-0.25, -0.2) is 9.18 Å². The number of carbonyl (C=O) groups is 1. The Kier molecular flexibility index (Phi) is 6.44. The largest absolute Gasteiger partial charge is 0.441 e. The molecule has 0 aliphatic carbocycles. The van der Waals surface area contributed by atoms with Crippen molar-refractivity contribution in [3.63, 3.8) is 0 Å². The Morgan fingerprint density at radius 1 is 1.15 bits per heavy atom. The molecule has 2 aliphatic heterocycles. The zero-order valence-corrected chi connectivity index (χ0v) is 18.1. The first-order chi connectivity index (χ1) is 15.7. The van der Waals surface area contributed by atoms with E-state index < -0.39 is 39.7 Å². The number of anilines is 2. The highest BCUT2D eigenvalue weighted by Crippen LogP contribution is 2.29. The minimum atomic E-state index is -4.22. The second-order valence-corrected chi connectivity index (χ2v) is 8.96. The van der Waals surface area contributed by atoms with Crippen molar-refractivity contribution in [2.45, 2.75) is 11.0 Å². The Bertz CT molecular complexity index is 1150. The van der Waals surface area contributed by atoms with E-state index in [1.165, 1.54) is 11.0 Å². The van der Waals surface area contributed by atoms with Crippen LogP contribution in [0.4, 0.5) is 26.2 Å². The number of benzene rings is 2. The molecule has 0 saturated carbocycles. The number of hydrogen-bond acceptors (Lipinski definition) is 9. The topological polar surface area (TPSA) is 129 Å². The van der Waals surface area contributed by atoms with Gasteiger partial charge in [-0.3, -0.25) is 19.2 Å². The number of morpholine rings is 1. The van der Waals surface area contributed by atoms with Gasteiger partial charge in [0, 0.05) is 25.2 Å². The number of carbonyl (C=O) groups excluding carboxylic acids is 1. The van der Waals surface area contributed by atoms with Crippen LogP contribution in [-0.2, 0) is 23.8 Å². The van der Waals surface area contributed by atoms with Gasteiger partial charge in [-0.05, 0) is 30.3 Å². The maximum Gasteiger partial charge on any atom is 0.414 e. The van der Waals surface area contributed by atoms with Crippen LogP contribution in [0.5, 0.6) is 0 Å². The van der Waals surface area contributed by atoms with Gasteiger partial charge < -0.3 is 14.4 Å². The summed E-state index contributed by atoms with van der Waals surface area (Å²) in [6.07, 6.45) is -1.66. The number of nitro groups is 1. The summed E-state index contributed by atoms with van der Waals surface area (Å²) in [5, 5.41) is 10.7. The molecule has 11 nitrogen and oxygen atoms in total. The number of rotatable bonds is 7. The maximum atomic E-state index is 14.7. The molecule has 0 radical (unpaired) electrons. The van der Waals surface area contributed by atoms with Gasteiger partial charge in [0.2, 0.25) is 0 Å². The van der Waals surface area contributed by atoms with E-state index in [-0.39, 0.29) is 22.8 Å². The van der Waals surface area contributed by atoms with Crippen molar-refractivity contribution < 1.29 is 36.2 Å². The molecule has 2 saturated heterocycles. The van der Waals surface area contributed by atoms with E-state index in [9.17, 15) is 27.7 Å². The van der Waals surface area contributed by atoms with Gasteiger partial charge in [0.15, 0.2) is 0 Å². The van der Waals surface area contributed by atoms with E-state index in [4.69, 9.17) is 13.7 Å². The molecule has 2 fully saturated rings. The molecule has 2 aromatic carbocycles. The minimum Gasteiger partial charge on any atom is -0.441 e. The zero-order chi connectivity index (χ0) is 23.6. The van der Waals surface area contributed by atoms with Gasteiger partial charge in [0.1, 0.15) is 18.5 Å². The molecule has 13 heteroatoms. The van der Waals surface area contributed by atoms with Crippen molar-refractivity contribution in [2.24, 2.45) is 0 Å². The van der Waals surface area contributed by atoms with Crippen LogP contribution in [0.2, 0.25) is 0 Å². The van der Waals surface area contributed by atoms with Crippen LogP contribution in [0.3, 0.4) is 0 Å². The third-order valence-electron chi connectivity index (χ3n) is 5.21. The lowest BCUT2D eigenvalue weighted by atomic mass is 10.2. The van der Waals surface area contributed by atoms with Gasteiger partial charge in [-0.1, -0.05) is 0 Å². The maximum absolute atomic E-state index is 14.7. The molecule has 4 rings (SSSR count). The van der Waals surface area contributed by atoms with Crippen LogP contribution in [0.1, 0.15) is 0 Å². The molecular formula is C20H20FN3O8S. The molecule has 176 valence electrons. The summed E-state index contributed by atoms with van der Waals surface area (Å²) in [4.78, 5) is 25.1. The predicted octanol–water partition coefficient (Wildman–Crippen LogP) is 2.30. The van der Waals surface area contributed by atoms with Crippen LogP contribution in [0.15, 0.2) is 47.4 Å². The Morgan fingerprint density at radius 2 is 1.85 bits per heavy atom. The van der Waals surface area contributed by atoms with E-state index >= 15 is 0 Å². The average molecular weight is 481 g/mol. The van der Waals surface area contributed by atoms with Crippen molar-refractivity contribution in [3.8, 4) is 0 Å². The van der Waals surface area contributed by atoms with Gasteiger partial charge in [0.25, 0.3) is 15.8 Å². The number of halogens is 1.